The number of aliphatic hydroxyl groups excluding tert-OH is 2. The van der Waals surface area contributed by atoms with Gasteiger partial charge < -0.3 is 20.3 Å². The number of amides is 1. The van der Waals surface area contributed by atoms with Crippen molar-refractivity contribution in [1.29, 1.82) is 0 Å². The van der Waals surface area contributed by atoms with Crippen molar-refractivity contribution in [2.24, 2.45) is 0 Å². The highest BCUT2D eigenvalue weighted by Crippen LogP contribution is 2.15. The molecule has 0 saturated heterocycles. The van der Waals surface area contributed by atoms with Gasteiger partial charge in [-0.15, -0.1) is 0 Å². The average molecular weight is 782 g/mol. The van der Waals surface area contributed by atoms with E-state index in [4.69, 9.17) is 4.74 Å². The Hall–Kier alpha value is -2.70. The van der Waals surface area contributed by atoms with E-state index in [0.29, 0.717) is 19.3 Å². The molecule has 0 aliphatic carbocycles. The van der Waals surface area contributed by atoms with Gasteiger partial charge in [0.05, 0.1) is 25.2 Å². The molecule has 1 amide bonds. The number of ether oxygens (including phenoxy) is 1. The summed E-state index contributed by atoms with van der Waals surface area (Å²) in [5, 5.41) is 23.6. The Balaban J connectivity index is 4.78. The van der Waals surface area contributed by atoms with Crippen LogP contribution in [-0.2, 0) is 14.3 Å². The van der Waals surface area contributed by atoms with Crippen LogP contribution in [0.3, 0.4) is 0 Å². The van der Waals surface area contributed by atoms with Gasteiger partial charge in [0.1, 0.15) is 6.10 Å². The third-order valence-corrected chi connectivity index (χ3v) is 10.0. The number of hydrogen-bond donors (Lipinski definition) is 3. The quantitative estimate of drug-likeness (QED) is 0.0327. The summed E-state index contributed by atoms with van der Waals surface area (Å²) in [6.07, 6.45) is 54.0. The van der Waals surface area contributed by atoms with Crippen molar-refractivity contribution in [1.82, 2.24) is 5.32 Å². The molecule has 6 nitrogen and oxygen atoms in total. The minimum absolute atomic E-state index is 0.00646. The number of aliphatic hydroxyl groups is 2. The van der Waals surface area contributed by atoms with E-state index in [1.54, 1.807) is 0 Å². The van der Waals surface area contributed by atoms with Gasteiger partial charge in [-0.2, -0.15) is 0 Å². The molecule has 0 bridgehead atoms. The lowest BCUT2D eigenvalue weighted by molar-refractivity contribution is -0.150. The standard InChI is InChI=1S/C50H87NO5/c1-4-7-10-13-16-19-22-23-24-25-28-29-32-35-38-41-46(56-50(55)43-40-37-34-31-27-21-18-15-12-9-6-3)44-49(54)51-47(45-52)48(53)42-39-36-33-30-26-20-17-14-11-8-5-2/h7,10,15-16,18-19,23-24,28-29,35,38,46-48,52-53H,4-6,8-9,11-14,17,20-22,25-27,30-34,36-37,39-45H2,1-3H3,(H,51,54)/b10-7-,18-15-,19-16-,24-23-,29-28-,38-35-. The van der Waals surface area contributed by atoms with E-state index in [2.05, 4.69) is 86.8 Å². The molecule has 0 aliphatic rings. The lowest BCUT2D eigenvalue weighted by Gasteiger charge is -2.24. The van der Waals surface area contributed by atoms with Crippen molar-refractivity contribution >= 4 is 11.9 Å². The van der Waals surface area contributed by atoms with Crippen molar-refractivity contribution in [3.63, 3.8) is 0 Å². The van der Waals surface area contributed by atoms with Gasteiger partial charge in [0, 0.05) is 12.8 Å². The maximum atomic E-state index is 13.1. The van der Waals surface area contributed by atoms with Crippen LogP contribution < -0.4 is 5.32 Å². The normalized spacial score (nSPS) is 14.0. The van der Waals surface area contributed by atoms with E-state index in [9.17, 15) is 19.8 Å². The topological polar surface area (TPSA) is 95.9 Å². The number of carbonyl (C=O) groups excluding carboxylic acids is 2. The van der Waals surface area contributed by atoms with Gasteiger partial charge in [-0.05, 0) is 64.2 Å². The summed E-state index contributed by atoms with van der Waals surface area (Å²) in [5.41, 5.74) is 0. The van der Waals surface area contributed by atoms with Crippen molar-refractivity contribution in [3.8, 4) is 0 Å². The zero-order valence-corrected chi connectivity index (χ0v) is 36.5. The van der Waals surface area contributed by atoms with Crippen LogP contribution in [0, 0.1) is 0 Å². The van der Waals surface area contributed by atoms with Crippen molar-refractivity contribution in [2.45, 2.75) is 225 Å². The summed E-state index contributed by atoms with van der Waals surface area (Å²) in [6.45, 7) is 6.27. The van der Waals surface area contributed by atoms with Crippen molar-refractivity contribution < 1.29 is 24.5 Å². The first kappa shape index (κ1) is 53.3. The lowest BCUT2D eigenvalue weighted by atomic mass is 10.0. The van der Waals surface area contributed by atoms with Crippen LogP contribution >= 0.6 is 0 Å². The fraction of sp³-hybridized carbons (Fsp3) is 0.720. The minimum atomic E-state index is -0.813. The van der Waals surface area contributed by atoms with E-state index in [-0.39, 0.29) is 24.9 Å². The maximum Gasteiger partial charge on any atom is 0.306 e. The summed E-state index contributed by atoms with van der Waals surface area (Å²) in [5.74, 6) is -0.597. The van der Waals surface area contributed by atoms with Gasteiger partial charge in [0.2, 0.25) is 5.91 Å². The molecule has 0 saturated carbocycles. The van der Waals surface area contributed by atoms with Gasteiger partial charge in [-0.25, -0.2) is 0 Å². The molecule has 56 heavy (non-hydrogen) atoms. The molecule has 3 N–H and O–H groups in total. The second kappa shape index (κ2) is 43.4. The largest absolute Gasteiger partial charge is 0.461 e. The minimum Gasteiger partial charge on any atom is -0.461 e. The summed E-state index contributed by atoms with van der Waals surface area (Å²) in [4.78, 5) is 25.9. The van der Waals surface area contributed by atoms with Crippen LogP contribution in [-0.4, -0.2) is 46.9 Å². The predicted octanol–water partition coefficient (Wildman–Crippen LogP) is 13.4. The smallest absolute Gasteiger partial charge is 0.306 e. The fourth-order valence-corrected chi connectivity index (χ4v) is 6.49. The number of unbranched alkanes of at least 4 members (excludes halogenated alkanes) is 17. The Morgan fingerprint density at radius 1 is 0.554 bits per heavy atom. The summed E-state index contributed by atoms with van der Waals surface area (Å²) in [6, 6.07) is -0.734. The molecule has 0 spiro atoms. The van der Waals surface area contributed by atoms with Crippen LogP contribution in [0.1, 0.15) is 207 Å². The number of nitrogens with one attached hydrogen (secondary N) is 1. The lowest BCUT2D eigenvalue weighted by Crippen LogP contribution is -2.46. The SMILES string of the molecule is CC/C=C\C/C=C\C/C=C\C/C=C\C/C=C\CC(CC(=O)NC(CO)C(O)CCCCCCCCCCCCC)OC(=O)CCCCCCC/C=C\CCCC. The molecule has 3 atom stereocenters. The zero-order valence-electron chi connectivity index (χ0n) is 36.5. The second-order valence-corrected chi connectivity index (χ2v) is 15.4. The molecule has 0 fully saturated rings. The van der Waals surface area contributed by atoms with Crippen molar-refractivity contribution in [2.75, 3.05) is 6.61 Å². The predicted molar refractivity (Wildman–Crippen MR) is 241 cm³/mol. The molecule has 0 aliphatic heterocycles. The first-order valence-corrected chi connectivity index (χ1v) is 23.2. The second-order valence-electron chi connectivity index (χ2n) is 15.4. The molecule has 322 valence electrons. The fourth-order valence-electron chi connectivity index (χ4n) is 6.49. The molecule has 0 aromatic heterocycles. The van der Waals surface area contributed by atoms with E-state index >= 15 is 0 Å². The summed E-state index contributed by atoms with van der Waals surface area (Å²) in [7, 11) is 0. The first-order chi connectivity index (χ1) is 27.5. The molecule has 3 unspecified atom stereocenters. The molecule has 0 heterocycles. The van der Waals surface area contributed by atoms with Crippen LogP contribution in [0.15, 0.2) is 72.9 Å². The van der Waals surface area contributed by atoms with E-state index in [1.807, 2.05) is 12.2 Å². The van der Waals surface area contributed by atoms with Crippen LogP contribution in [0.25, 0.3) is 0 Å². The highest BCUT2D eigenvalue weighted by atomic mass is 16.5. The highest BCUT2D eigenvalue weighted by Gasteiger charge is 2.23. The summed E-state index contributed by atoms with van der Waals surface area (Å²) < 4.78 is 5.83. The van der Waals surface area contributed by atoms with Gasteiger partial charge in [-0.1, -0.05) is 196 Å². The molecule has 0 aromatic rings. The Morgan fingerprint density at radius 3 is 1.55 bits per heavy atom. The Kier molecular flexibility index (Phi) is 41.3. The Labute approximate surface area is 345 Å². The number of carbonyl (C=O) groups is 2. The molecule has 0 aromatic carbocycles. The van der Waals surface area contributed by atoms with Gasteiger partial charge in [0.25, 0.3) is 0 Å². The molecular formula is C50H87NO5. The van der Waals surface area contributed by atoms with Crippen LogP contribution in [0.5, 0.6) is 0 Å². The van der Waals surface area contributed by atoms with Gasteiger partial charge in [-0.3, -0.25) is 9.59 Å². The monoisotopic (exact) mass is 782 g/mol. The number of allylic oxidation sites excluding steroid dienone is 11. The van der Waals surface area contributed by atoms with E-state index in [0.717, 1.165) is 83.5 Å². The van der Waals surface area contributed by atoms with Gasteiger partial charge >= 0.3 is 5.97 Å². The van der Waals surface area contributed by atoms with Crippen LogP contribution in [0.2, 0.25) is 0 Å². The van der Waals surface area contributed by atoms with E-state index < -0.39 is 18.2 Å². The Bertz CT molecular complexity index is 1060. The third-order valence-electron chi connectivity index (χ3n) is 10.0. The highest BCUT2D eigenvalue weighted by molar-refractivity contribution is 5.77. The third kappa shape index (κ3) is 38.2. The maximum absolute atomic E-state index is 13.1. The van der Waals surface area contributed by atoms with Crippen LogP contribution in [0.4, 0.5) is 0 Å². The van der Waals surface area contributed by atoms with E-state index in [1.165, 1.54) is 77.0 Å². The molecule has 0 rings (SSSR count). The molecular weight excluding hydrogens is 695 g/mol. The number of hydrogen-bond acceptors (Lipinski definition) is 5. The summed E-state index contributed by atoms with van der Waals surface area (Å²) >= 11 is 0. The molecule has 6 heteroatoms. The zero-order chi connectivity index (χ0) is 41.0. The number of rotatable bonds is 40. The van der Waals surface area contributed by atoms with Crippen molar-refractivity contribution in [3.05, 3.63) is 72.9 Å². The number of esters is 1. The molecule has 0 radical (unpaired) electrons. The Morgan fingerprint density at radius 2 is 1.02 bits per heavy atom. The van der Waals surface area contributed by atoms with Gasteiger partial charge in [0.15, 0.2) is 0 Å². The average Bonchev–Trinajstić information content (AvgIpc) is 3.19. The first-order valence-electron chi connectivity index (χ1n) is 23.2.